The van der Waals surface area contributed by atoms with Crippen molar-refractivity contribution < 1.29 is 24.5 Å². The van der Waals surface area contributed by atoms with E-state index in [-0.39, 0.29) is 11.6 Å². The van der Waals surface area contributed by atoms with Crippen LogP contribution in [-0.2, 0) is 6.42 Å². The Bertz CT molecular complexity index is 1530. The predicted octanol–water partition coefficient (Wildman–Crippen LogP) is 7.07. The molecule has 0 aliphatic rings. The second kappa shape index (κ2) is 9.43. The van der Waals surface area contributed by atoms with Crippen molar-refractivity contribution in [2.45, 2.75) is 19.8 Å². The number of rotatable bonds is 7. The molecular weight excluding hydrogens is 442 g/mol. The molecule has 6 heteroatoms. The van der Waals surface area contributed by atoms with Gasteiger partial charge in [-0.1, -0.05) is 60.7 Å². The lowest BCUT2D eigenvalue weighted by Gasteiger charge is -2.10. The normalized spacial score (nSPS) is 11.1. The number of aromatic hydroxyl groups is 1. The van der Waals surface area contributed by atoms with Crippen LogP contribution in [0.5, 0.6) is 17.4 Å². The zero-order chi connectivity index (χ0) is 24.4. The Kier molecular flexibility index (Phi) is 6.02. The summed E-state index contributed by atoms with van der Waals surface area (Å²) in [6, 6.07) is 25.1. The van der Waals surface area contributed by atoms with Crippen molar-refractivity contribution in [1.29, 1.82) is 0 Å². The monoisotopic (exact) mass is 467 g/mol. The Morgan fingerprint density at radius 2 is 1.69 bits per heavy atom. The molecule has 0 fully saturated rings. The van der Waals surface area contributed by atoms with Gasteiger partial charge in [0.25, 0.3) is 0 Å². The van der Waals surface area contributed by atoms with Gasteiger partial charge < -0.3 is 24.7 Å². The summed E-state index contributed by atoms with van der Waals surface area (Å²) in [5.41, 5.74) is 4.36. The molecule has 0 spiro atoms. The number of aryl methyl sites for hydroxylation is 2. The third kappa shape index (κ3) is 4.51. The molecule has 3 N–H and O–H groups in total. The van der Waals surface area contributed by atoms with Gasteiger partial charge in [-0.25, -0.2) is 4.79 Å². The van der Waals surface area contributed by atoms with E-state index in [4.69, 9.17) is 9.47 Å². The quantitative estimate of drug-likeness (QED) is 0.176. The number of fused-ring (bicyclic) bond motifs is 2. The number of nitrogens with one attached hydrogen (secondary N) is 1. The maximum absolute atomic E-state index is 11.4. The Labute approximate surface area is 202 Å². The van der Waals surface area contributed by atoms with Crippen LogP contribution in [0.3, 0.4) is 0 Å². The summed E-state index contributed by atoms with van der Waals surface area (Å²) in [5, 5.41) is 22.2. The molecule has 0 saturated carbocycles. The average Bonchev–Trinajstić information content (AvgIpc) is 3.18. The molecule has 0 saturated heterocycles. The van der Waals surface area contributed by atoms with Crippen molar-refractivity contribution in [3.8, 4) is 28.5 Å². The van der Waals surface area contributed by atoms with E-state index in [1.807, 2.05) is 61.5 Å². The van der Waals surface area contributed by atoms with E-state index in [0.29, 0.717) is 19.4 Å². The smallest absolute Gasteiger partial charge is 0.508 e. The molecule has 0 aliphatic carbocycles. The molecule has 176 valence electrons. The van der Waals surface area contributed by atoms with E-state index in [1.54, 1.807) is 12.1 Å². The van der Waals surface area contributed by atoms with Crippen LogP contribution in [0.1, 0.15) is 17.5 Å². The van der Waals surface area contributed by atoms with Gasteiger partial charge in [-0.3, -0.25) is 0 Å². The van der Waals surface area contributed by atoms with E-state index < -0.39 is 6.16 Å². The number of aromatic nitrogens is 1. The maximum atomic E-state index is 11.4. The van der Waals surface area contributed by atoms with Crippen LogP contribution < -0.4 is 9.47 Å². The molecule has 0 amide bonds. The number of ether oxygens (including phenoxy) is 2. The van der Waals surface area contributed by atoms with E-state index >= 15 is 0 Å². The number of carbonyl (C=O) groups is 1. The zero-order valence-corrected chi connectivity index (χ0v) is 19.2. The Hall–Kier alpha value is -4.45. The molecule has 5 rings (SSSR count). The van der Waals surface area contributed by atoms with Crippen molar-refractivity contribution in [3.05, 3.63) is 90.0 Å². The van der Waals surface area contributed by atoms with Crippen LogP contribution in [0, 0.1) is 6.92 Å². The minimum Gasteiger partial charge on any atom is -0.508 e. The first-order valence-electron chi connectivity index (χ1n) is 11.5. The highest BCUT2D eigenvalue weighted by Gasteiger charge is 2.18. The molecule has 0 aliphatic heterocycles. The lowest BCUT2D eigenvalue weighted by atomic mass is 9.97. The molecule has 5 aromatic rings. The SMILES string of the molecule is Cc1cc(O)ccc1-c1cccc2c(CCCOc3cccc4ccccc34)c(OC(=O)O)[nH]c12. The third-order valence-corrected chi connectivity index (χ3v) is 6.17. The molecule has 0 radical (unpaired) electrons. The molecule has 1 heterocycles. The average molecular weight is 468 g/mol. The summed E-state index contributed by atoms with van der Waals surface area (Å²) in [7, 11) is 0. The van der Waals surface area contributed by atoms with Crippen molar-refractivity contribution in [3.63, 3.8) is 0 Å². The second-order valence-corrected chi connectivity index (χ2v) is 8.46. The minimum absolute atomic E-state index is 0.201. The van der Waals surface area contributed by atoms with Gasteiger partial charge in [-0.2, -0.15) is 0 Å². The summed E-state index contributed by atoms with van der Waals surface area (Å²) in [4.78, 5) is 14.6. The number of carboxylic acid groups (broad SMARTS) is 1. The van der Waals surface area contributed by atoms with Gasteiger partial charge >= 0.3 is 6.16 Å². The number of para-hydroxylation sites is 1. The predicted molar refractivity (Wildman–Crippen MR) is 137 cm³/mol. The Morgan fingerprint density at radius 3 is 2.51 bits per heavy atom. The van der Waals surface area contributed by atoms with Crippen molar-refractivity contribution >= 4 is 27.8 Å². The molecule has 6 nitrogen and oxygen atoms in total. The fourth-order valence-corrected chi connectivity index (χ4v) is 4.60. The van der Waals surface area contributed by atoms with Crippen LogP contribution in [0.25, 0.3) is 32.8 Å². The molecule has 4 aromatic carbocycles. The third-order valence-electron chi connectivity index (χ3n) is 6.17. The first-order valence-corrected chi connectivity index (χ1v) is 11.5. The van der Waals surface area contributed by atoms with Crippen LogP contribution in [0.4, 0.5) is 4.79 Å². The fourth-order valence-electron chi connectivity index (χ4n) is 4.60. The Balaban J connectivity index is 1.43. The van der Waals surface area contributed by atoms with Gasteiger partial charge in [0.05, 0.1) is 12.1 Å². The Morgan fingerprint density at radius 1 is 0.914 bits per heavy atom. The van der Waals surface area contributed by atoms with E-state index in [2.05, 4.69) is 17.1 Å². The summed E-state index contributed by atoms with van der Waals surface area (Å²) < 4.78 is 11.2. The zero-order valence-electron chi connectivity index (χ0n) is 19.2. The van der Waals surface area contributed by atoms with Crippen molar-refractivity contribution in [1.82, 2.24) is 4.98 Å². The van der Waals surface area contributed by atoms with Crippen LogP contribution in [0.15, 0.2) is 78.9 Å². The summed E-state index contributed by atoms with van der Waals surface area (Å²) in [6.07, 6.45) is -0.118. The van der Waals surface area contributed by atoms with Gasteiger partial charge in [-0.05, 0) is 54.5 Å². The van der Waals surface area contributed by atoms with Crippen LogP contribution >= 0.6 is 0 Å². The van der Waals surface area contributed by atoms with Gasteiger partial charge in [-0.15, -0.1) is 0 Å². The highest BCUT2D eigenvalue weighted by Crippen LogP contribution is 2.37. The molecule has 1 aromatic heterocycles. The van der Waals surface area contributed by atoms with Crippen LogP contribution in [-0.4, -0.2) is 28.0 Å². The topological polar surface area (TPSA) is 91.8 Å². The number of phenols is 1. The number of phenolic OH excluding ortho intramolecular Hbond substituents is 1. The van der Waals surface area contributed by atoms with E-state index in [1.165, 1.54) is 0 Å². The molecule has 0 bridgehead atoms. The number of hydrogen-bond acceptors (Lipinski definition) is 4. The van der Waals surface area contributed by atoms with Gasteiger partial charge in [0.2, 0.25) is 5.88 Å². The van der Waals surface area contributed by atoms with Crippen molar-refractivity contribution in [2.24, 2.45) is 0 Å². The molecule has 0 unspecified atom stereocenters. The lowest BCUT2D eigenvalue weighted by Crippen LogP contribution is -2.06. The largest absolute Gasteiger partial charge is 0.512 e. The van der Waals surface area contributed by atoms with E-state index in [0.717, 1.165) is 49.7 Å². The van der Waals surface area contributed by atoms with Gasteiger partial charge in [0, 0.05) is 21.9 Å². The highest BCUT2D eigenvalue weighted by atomic mass is 16.7. The van der Waals surface area contributed by atoms with Gasteiger partial charge in [0.15, 0.2) is 0 Å². The number of benzene rings is 4. The summed E-state index contributed by atoms with van der Waals surface area (Å²) >= 11 is 0. The first kappa shape index (κ1) is 22.3. The van der Waals surface area contributed by atoms with Crippen LogP contribution in [0.2, 0.25) is 0 Å². The second-order valence-electron chi connectivity index (χ2n) is 8.46. The number of H-pyrrole nitrogens is 1. The summed E-state index contributed by atoms with van der Waals surface area (Å²) in [6.45, 7) is 2.40. The summed E-state index contributed by atoms with van der Waals surface area (Å²) in [5.74, 6) is 1.25. The number of aromatic amines is 1. The molecule has 0 atom stereocenters. The molecule has 35 heavy (non-hydrogen) atoms. The maximum Gasteiger partial charge on any atom is 0.512 e. The minimum atomic E-state index is -1.37. The first-order chi connectivity index (χ1) is 17.0. The molecular formula is C29H25NO5. The van der Waals surface area contributed by atoms with Crippen molar-refractivity contribution in [2.75, 3.05) is 6.61 Å². The fraction of sp³-hybridized carbons (Fsp3) is 0.138. The van der Waals surface area contributed by atoms with E-state index in [9.17, 15) is 15.0 Å². The highest BCUT2D eigenvalue weighted by molar-refractivity contribution is 5.98. The van der Waals surface area contributed by atoms with Gasteiger partial charge in [0.1, 0.15) is 11.5 Å². The lowest BCUT2D eigenvalue weighted by molar-refractivity contribution is 0.142. The number of hydrogen-bond donors (Lipinski definition) is 3. The standard InChI is InChI=1S/C29H25NO5/c1-18-17-20(31)14-15-21(18)23-10-5-11-24-25(28(30-27(23)24)35-29(32)33)12-6-16-34-26-13-4-8-19-7-2-3-9-22(19)26/h2-5,7-11,13-15,17,30-31H,6,12,16H2,1H3,(H,32,33).